The predicted molar refractivity (Wildman–Crippen MR) is 113 cm³/mol. The molecule has 2 aromatic rings. The smallest absolute Gasteiger partial charge is 0.325 e. The van der Waals surface area contributed by atoms with Crippen LogP contribution in [0, 0.1) is 10.1 Å². The van der Waals surface area contributed by atoms with Gasteiger partial charge in [-0.15, -0.1) is 0 Å². The molecule has 1 unspecified atom stereocenters. The number of imide groups is 1. The molecule has 1 saturated heterocycles. The fraction of sp³-hybridized carbons (Fsp3) is 0.318. The van der Waals surface area contributed by atoms with Crippen LogP contribution < -0.4 is 5.32 Å². The summed E-state index contributed by atoms with van der Waals surface area (Å²) in [5.41, 5.74) is 1.02. The molecule has 4 amide bonds. The van der Waals surface area contributed by atoms with E-state index in [2.05, 4.69) is 12.2 Å². The van der Waals surface area contributed by atoms with E-state index in [-0.39, 0.29) is 11.6 Å². The molecule has 0 radical (unpaired) electrons. The number of carbonyl (C=O) groups excluding carboxylic acids is 3. The van der Waals surface area contributed by atoms with Gasteiger partial charge in [0.25, 0.3) is 11.6 Å². The Morgan fingerprint density at radius 1 is 1.10 bits per heavy atom. The standard InChI is InChI=1S/C22H24N4O5/c1-4-15-5-7-16(8-6-15)13-24(3)19(27)14-25-20(28)22(2,23-21(25)29)17-9-11-18(12-10-17)26(30)31/h5-12H,4,13-14H2,1-3H3,(H,23,29). The van der Waals surface area contributed by atoms with Crippen molar-refractivity contribution in [2.24, 2.45) is 0 Å². The molecule has 31 heavy (non-hydrogen) atoms. The molecule has 0 bridgehead atoms. The molecular formula is C22H24N4O5. The first-order valence-electron chi connectivity index (χ1n) is 9.86. The molecule has 1 fully saturated rings. The molecule has 0 saturated carbocycles. The molecule has 1 aliphatic heterocycles. The van der Waals surface area contributed by atoms with E-state index in [9.17, 15) is 24.5 Å². The largest absolute Gasteiger partial charge is 0.340 e. The number of nitrogens with zero attached hydrogens (tertiary/aromatic N) is 3. The zero-order chi connectivity index (χ0) is 22.8. The third kappa shape index (κ3) is 4.40. The molecular weight excluding hydrogens is 400 g/mol. The maximum Gasteiger partial charge on any atom is 0.325 e. The fourth-order valence-electron chi connectivity index (χ4n) is 3.45. The summed E-state index contributed by atoms with van der Waals surface area (Å²) in [6.07, 6.45) is 0.925. The number of hydrogen-bond acceptors (Lipinski definition) is 5. The summed E-state index contributed by atoms with van der Waals surface area (Å²) in [7, 11) is 1.62. The van der Waals surface area contributed by atoms with Gasteiger partial charge >= 0.3 is 6.03 Å². The number of hydrogen-bond donors (Lipinski definition) is 1. The molecule has 3 rings (SSSR count). The highest BCUT2D eigenvalue weighted by Gasteiger charge is 2.49. The predicted octanol–water partition coefficient (Wildman–Crippen LogP) is 2.58. The second-order valence-corrected chi connectivity index (χ2v) is 7.67. The van der Waals surface area contributed by atoms with Crippen molar-refractivity contribution in [3.05, 3.63) is 75.3 Å². The van der Waals surface area contributed by atoms with E-state index in [0.29, 0.717) is 12.1 Å². The van der Waals surface area contributed by atoms with Gasteiger partial charge in [-0.05, 0) is 42.2 Å². The highest BCUT2D eigenvalue weighted by Crippen LogP contribution is 2.30. The molecule has 0 aromatic heterocycles. The molecule has 1 atom stereocenters. The number of nitro benzene ring substituents is 1. The van der Waals surface area contributed by atoms with Crippen LogP contribution in [-0.4, -0.2) is 46.2 Å². The maximum atomic E-state index is 13.0. The summed E-state index contributed by atoms with van der Waals surface area (Å²) in [5.74, 6) is -0.962. The average molecular weight is 424 g/mol. The van der Waals surface area contributed by atoms with Crippen LogP contribution in [0.5, 0.6) is 0 Å². The monoisotopic (exact) mass is 424 g/mol. The van der Waals surface area contributed by atoms with Gasteiger partial charge in [0.1, 0.15) is 12.1 Å². The number of carbonyl (C=O) groups is 3. The molecule has 0 aliphatic carbocycles. The minimum atomic E-state index is -1.40. The summed E-state index contributed by atoms with van der Waals surface area (Å²) in [4.78, 5) is 50.7. The van der Waals surface area contributed by atoms with Crippen molar-refractivity contribution in [1.82, 2.24) is 15.1 Å². The highest BCUT2D eigenvalue weighted by molar-refractivity contribution is 6.09. The zero-order valence-corrected chi connectivity index (χ0v) is 17.6. The van der Waals surface area contributed by atoms with Gasteiger partial charge in [0.15, 0.2) is 0 Å². The molecule has 1 heterocycles. The van der Waals surface area contributed by atoms with Crippen molar-refractivity contribution in [3.8, 4) is 0 Å². The highest BCUT2D eigenvalue weighted by atomic mass is 16.6. The molecule has 0 spiro atoms. The molecule has 9 heteroatoms. The first-order chi connectivity index (χ1) is 14.7. The fourth-order valence-corrected chi connectivity index (χ4v) is 3.45. The Balaban J connectivity index is 1.69. The number of aryl methyl sites for hydroxylation is 1. The van der Waals surface area contributed by atoms with Crippen LogP contribution in [0.25, 0.3) is 0 Å². The van der Waals surface area contributed by atoms with E-state index >= 15 is 0 Å². The summed E-state index contributed by atoms with van der Waals surface area (Å²) in [5, 5.41) is 13.4. The van der Waals surface area contributed by atoms with Gasteiger partial charge in [0.2, 0.25) is 5.91 Å². The van der Waals surface area contributed by atoms with Crippen LogP contribution in [-0.2, 0) is 28.1 Å². The lowest BCUT2D eigenvalue weighted by atomic mass is 9.92. The third-order valence-corrected chi connectivity index (χ3v) is 5.50. The second-order valence-electron chi connectivity index (χ2n) is 7.67. The summed E-state index contributed by atoms with van der Waals surface area (Å²) in [6, 6.07) is 12.6. The van der Waals surface area contributed by atoms with Crippen molar-refractivity contribution in [2.45, 2.75) is 32.4 Å². The van der Waals surface area contributed by atoms with E-state index in [0.717, 1.165) is 16.9 Å². The van der Waals surface area contributed by atoms with Crippen molar-refractivity contribution in [1.29, 1.82) is 0 Å². The van der Waals surface area contributed by atoms with Crippen molar-refractivity contribution in [2.75, 3.05) is 13.6 Å². The van der Waals surface area contributed by atoms with Crippen molar-refractivity contribution < 1.29 is 19.3 Å². The van der Waals surface area contributed by atoms with Gasteiger partial charge in [-0.3, -0.25) is 24.6 Å². The molecule has 162 valence electrons. The number of nitrogens with one attached hydrogen (secondary N) is 1. The number of urea groups is 1. The van der Waals surface area contributed by atoms with Crippen LogP contribution in [0.2, 0.25) is 0 Å². The van der Waals surface area contributed by atoms with Crippen LogP contribution in [0.3, 0.4) is 0 Å². The van der Waals surface area contributed by atoms with Crippen LogP contribution >= 0.6 is 0 Å². The van der Waals surface area contributed by atoms with Crippen LogP contribution in [0.4, 0.5) is 10.5 Å². The van der Waals surface area contributed by atoms with Gasteiger partial charge in [-0.2, -0.15) is 0 Å². The lowest BCUT2D eigenvalue weighted by molar-refractivity contribution is -0.384. The average Bonchev–Trinajstić information content (AvgIpc) is 2.98. The van der Waals surface area contributed by atoms with E-state index in [1.807, 2.05) is 24.3 Å². The quantitative estimate of drug-likeness (QED) is 0.417. The van der Waals surface area contributed by atoms with E-state index in [1.54, 1.807) is 7.05 Å². The van der Waals surface area contributed by atoms with Crippen molar-refractivity contribution >= 4 is 23.5 Å². The molecule has 9 nitrogen and oxygen atoms in total. The molecule has 1 aliphatic rings. The number of benzene rings is 2. The normalized spacial score (nSPS) is 18.1. The van der Waals surface area contributed by atoms with E-state index in [4.69, 9.17) is 0 Å². The second kappa shape index (κ2) is 8.55. The van der Waals surface area contributed by atoms with Crippen LogP contribution in [0.1, 0.15) is 30.5 Å². The Morgan fingerprint density at radius 3 is 2.23 bits per heavy atom. The van der Waals surface area contributed by atoms with Gasteiger partial charge in [-0.25, -0.2) is 4.79 Å². The van der Waals surface area contributed by atoms with E-state index in [1.165, 1.54) is 41.7 Å². The first kappa shape index (κ1) is 21.9. The minimum Gasteiger partial charge on any atom is -0.340 e. The number of non-ortho nitro benzene ring substituents is 1. The summed E-state index contributed by atoms with van der Waals surface area (Å²) >= 11 is 0. The Bertz CT molecular complexity index is 1020. The third-order valence-electron chi connectivity index (χ3n) is 5.50. The summed E-state index contributed by atoms with van der Waals surface area (Å²) < 4.78 is 0. The number of amides is 4. The molecule has 1 N–H and O–H groups in total. The number of nitro groups is 1. The van der Waals surface area contributed by atoms with Gasteiger partial charge in [0, 0.05) is 25.7 Å². The Morgan fingerprint density at radius 2 is 1.68 bits per heavy atom. The SMILES string of the molecule is CCc1ccc(CN(C)C(=O)CN2C(=O)NC(C)(c3ccc([N+](=O)[O-])cc3)C2=O)cc1. The minimum absolute atomic E-state index is 0.121. The Kier molecular flexibility index (Phi) is 6.05. The lowest BCUT2D eigenvalue weighted by Crippen LogP contribution is -2.43. The van der Waals surface area contributed by atoms with Gasteiger partial charge < -0.3 is 10.2 Å². The Labute approximate surface area is 179 Å². The summed E-state index contributed by atoms with van der Waals surface area (Å²) in [6.45, 7) is 3.54. The van der Waals surface area contributed by atoms with E-state index < -0.39 is 28.9 Å². The van der Waals surface area contributed by atoms with Gasteiger partial charge in [-0.1, -0.05) is 31.2 Å². The van der Waals surface area contributed by atoms with Crippen LogP contribution in [0.15, 0.2) is 48.5 Å². The number of likely N-dealkylation sites (N-methyl/N-ethyl adjacent to an activating group) is 1. The topological polar surface area (TPSA) is 113 Å². The number of rotatable bonds is 7. The Hall–Kier alpha value is -3.75. The zero-order valence-electron chi connectivity index (χ0n) is 17.6. The maximum absolute atomic E-state index is 13.0. The molecule has 2 aromatic carbocycles. The lowest BCUT2D eigenvalue weighted by Gasteiger charge is -2.23. The first-order valence-corrected chi connectivity index (χ1v) is 9.86. The van der Waals surface area contributed by atoms with Crippen molar-refractivity contribution in [3.63, 3.8) is 0 Å². The van der Waals surface area contributed by atoms with Gasteiger partial charge in [0.05, 0.1) is 4.92 Å².